The zero-order valence-electron chi connectivity index (χ0n) is 10.9. The Bertz CT molecular complexity index is 659. The average molecular weight is 289 g/mol. The van der Waals surface area contributed by atoms with Crippen LogP contribution in [0.25, 0.3) is 0 Å². The van der Waals surface area contributed by atoms with Crippen molar-refractivity contribution in [3.63, 3.8) is 0 Å². The smallest absolute Gasteiger partial charge is 0.257 e. The lowest BCUT2D eigenvalue weighted by molar-refractivity contribution is -0.119. The molecule has 7 heteroatoms. The van der Waals surface area contributed by atoms with E-state index >= 15 is 0 Å². The van der Waals surface area contributed by atoms with E-state index in [0.29, 0.717) is 11.4 Å². The molecule has 0 bridgehead atoms. The van der Waals surface area contributed by atoms with E-state index in [2.05, 4.69) is 10.3 Å². The molecular formula is C14H12FN3O3. The molecule has 0 aliphatic carbocycles. The number of rotatable bonds is 5. The summed E-state index contributed by atoms with van der Waals surface area (Å²) in [7, 11) is 0. The highest BCUT2D eigenvalue weighted by Gasteiger charge is 2.07. The van der Waals surface area contributed by atoms with Gasteiger partial charge < -0.3 is 15.8 Å². The molecule has 2 aromatic rings. The van der Waals surface area contributed by atoms with Crippen LogP contribution in [-0.4, -0.2) is 23.4 Å². The van der Waals surface area contributed by atoms with Crippen LogP contribution in [0.3, 0.4) is 0 Å². The number of benzene rings is 1. The number of primary amides is 1. The number of nitrogens with zero attached hydrogens (tertiary/aromatic N) is 1. The molecule has 0 spiro atoms. The summed E-state index contributed by atoms with van der Waals surface area (Å²) in [4.78, 5) is 26.0. The minimum Gasteiger partial charge on any atom is -0.484 e. The van der Waals surface area contributed by atoms with Crippen LogP contribution >= 0.6 is 0 Å². The number of halogens is 1. The molecule has 108 valence electrons. The summed E-state index contributed by atoms with van der Waals surface area (Å²) < 4.78 is 17.8. The van der Waals surface area contributed by atoms with Crippen LogP contribution in [0.4, 0.5) is 10.1 Å². The Morgan fingerprint density at radius 1 is 1.29 bits per heavy atom. The van der Waals surface area contributed by atoms with E-state index in [1.165, 1.54) is 12.1 Å². The van der Waals surface area contributed by atoms with Gasteiger partial charge in [0.15, 0.2) is 6.61 Å². The number of carbonyl (C=O) groups excluding carboxylic acids is 2. The highest BCUT2D eigenvalue weighted by molar-refractivity contribution is 6.04. The second-order valence-corrected chi connectivity index (χ2v) is 4.11. The van der Waals surface area contributed by atoms with Crippen molar-refractivity contribution in [1.82, 2.24) is 4.98 Å². The number of amides is 2. The third-order valence-corrected chi connectivity index (χ3v) is 2.46. The Kier molecular flexibility index (Phi) is 4.45. The quantitative estimate of drug-likeness (QED) is 0.812. The highest BCUT2D eigenvalue weighted by atomic mass is 19.1. The fourth-order valence-corrected chi connectivity index (χ4v) is 1.53. The fraction of sp³-hybridized carbons (Fsp3) is 0.0714. The van der Waals surface area contributed by atoms with Crippen LogP contribution < -0.4 is 15.8 Å². The molecule has 21 heavy (non-hydrogen) atoms. The van der Waals surface area contributed by atoms with Gasteiger partial charge >= 0.3 is 0 Å². The Balaban J connectivity index is 2.05. The zero-order valence-corrected chi connectivity index (χ0v) is 10.9. The van der Waals surface area contributed by atoms with Crippen LogP contribution in [0.1, 0.15) is 10.4 Å². The molecule has 2 amide bonds. The Labute approximate surface area is 119 Å². The molecule has 1 aromatic carbocycles. The van der Waals surface area contributed by atoms with Crippen molar-refractivity contribution in [2.24, 2.45) is 5.73 Å². The lowest BCUT2D eigenvalue weighted by atomic mass is 10.2. The summed E-state index contributed by atoms with van der Waals surface area (Å²) in [6, 6.07) is 8.88. The molecular weight excluding hydrogens is 277 g/mol. The van der Waals surface area contributed by atoms with E-state index in [1.807, 2.05) is 0 Å². The maximum Gasteiger partial charge on any atom is 0.257 e. The van der Waals surface area contributed by atoms with E-state index in [1.54, 1.807) is 18.2 Å². The number of nitrogens with one attached hydrogen (secondary N) is 1. The van der Waals surface area contributed by atoms with Crippen LogP contribution in [0, 0.1) is 5.95 Å². The summed E-state index contributed by atoms with van der Waals surface area (Å²) in [6.07, 6.45) is 1.14. The zero-order chi connectivity index (χ0) is 15.2. The van der Waals surface area contributed by atoms with Gasteiger partial charge in [-0.15, -0.1) is 0 Å². The first kappa shape index (κ1) is 14.4. The molecule has 3 N–H and O–H groups in total. The maximum absolute atomic E-state index is 12.7. The summed E-state index contributed by atoms with van der Waals surface area (Å²) in [6.45, 7) is -0.251. The van der Waals surface area contributed by atoms with Gasteiger partial charge in [-0.05, 0) is 24.3 Å². The van der Waals surface area contributed by atoms with Gasteiger partial charge in [0.25, 0.3) is 11.8 Å². The van der Waals surface area contributed by atoms with Crippen LogP contribution in [0.15, 0.2) is 42.6 Å². The molecule has 0 radical (unpaired) electrons. The monoisotopic (exact) mass is 289 g/mol. The average Bonchev–Trinajstić information content (AvgIpc) is 2.46. The molecule has 0 fully saturated rings. The van der Waals surface area contributed by atoms with Crippen molar-refractivity contribution >= 4 is 17.5 Å². The van der Waals surface area contributed by atoms with Gasteiger partial charge in [0.2, 0.25) is 5.95 Å². The van der Waals surface area contributed by atoms with Crippen LogP contribution in [-0.2, 0) is 4.79 Å². The van der Waals surface area contributed by atoms with Gasteiger partial charge in [0, 0.05) is 18.0 Å². The minimum atomic E-state index is -0.659. The second-order valence-electron chi connectivity index (χ2n) is 4.11. The van der Waals surface area contributed by atoms with Gasteiger partial charge in [-0.2, -0.15) is 4.39 Å². The molecule has 0 aliphatic heterocycles. The number of nitrogens with two attached hydrogens (primary N) is 1. The standard InChI is InChI=1S/C14H12FN3O3/c15-12-5-4-9(7-17-12)14(20)18-10-2-1-3-11(6-10)21-8-13(16)19/h1-7H,8H2,(H2,16,19)(H,18,20). The number of aromatic nitrogens is 1. The lowest BCUT2D eigenvalue weighted by Gasteiger charge is -2.08. The molecule has 0 unspecified atom stereocenters. The minimum absolute atomic E-state index is 0.222. The highest BCUT2D eigenvalue weighted by Crippen LogP contribution is 2.18. The van der Waals surface area contributed by atoms with E-state index in [0.717, 1.165) is 12.3 Å². The summed E-state index contributed by atoms with van der Waals surface area (Å²) in [5.74, 6) is -1.30. The Morgan fingerprint density at radius 3 is 2.76 bits per heavy atom. The molecule has 0 saturated heterocycles. The molecule has 1 aromatic heterocycles. The summed E-state index contributed by atoms with van der Waals surface area (Å²) >= 11 is 0. The number of anilines is 1. The molecule has 0 saturated carbocycles. The van der Waals surface area contributed by atoms with Gasteiger partial charge in [0.05, 0.1) is 5.56 Å². The first-order valence-corrected chi connectivity index (χ1v) is 5.98. The number of hydrogen-bond acceptors (Lipinski definition) is 4. The topological polar surface area (TPSA) is 94.3 Å². The predicted octanol–water partition coefficient (Wildman–Crippen LogP) is 1.34. The Morgan fingerprint density at radius 2 is 2.10 bits per heavy atom. The molecule has 6 nitrogen and oxygen atoms in total. The van der Waals surface area contributed by atoms with Crippen LogP contribution in [0.5, 0.6) is 5.75 Å². The summed E-state index contributed by atoms with van der Waals surface area (Å²) in [5.41, 5.74) is 5.66. The molecule has 2 rings (SSSR count). The van der Waals surface area contributed by atoms with Crippen LogP contribution in [0.2, 0.25) is 0 Å². The largest absolute Gasteiger partial charge is 0.484 e. The van der Waals surface area contributed by atoms with Gasteiger partial charge in [0.1, 0.15) is 5.75 Å². The van der Waals surface area contributed by atoms with E-state index in [-0.39, 0.29) is 12.2 Å². The third kappa shape index (κ3) is 4.27. The first-order valence-electron chi connectivity index (χ1n) is 5.98. The van der Waals surface area contributed by atoms with E-state index in [4.69, 9.17) is 10.5 Å². The van der Waals surface area contributed by atoms with E-state index in [9.17, 15) is 14.0 Å². The van der Waals surface area contributed by atoms with Crippen molar-refractivity contribution in [2.75, 3.05) is 11.9 Å². The third-order valence-electron chi connectivity index (χ3n) is 2.46. The number of ether oxygens (including phenoxy) is 1. The van der Waals surface area contributed by atoms with Gasteiger partial charge in [-0.1, -0.05) is 6.07 Å². The number of carbonyl (C=O) groups is 2. The number of hydrogen-bond donors (Lipinski definition) is 2. The van der Waals surface area contributed by atoms with Gasteiger partial charge in [-0.25, -0.2) is 4.98 Å². The second kappa shape index (κ2) is 6.47. The van der Waals surface area contributed by atoms with Gasteiger partial charge in [-0.3, -0.25) is 9.59 Å². The Hall–Kier alpha value is -2.96. The number of pyridine rings is 1. The normalized spacial score (nSPS) is 9.95. The molecule has 1 heterocycles. The van der Waals surface area contributed by atoms with Crippen molar-refractivity contribution in [3.05, 3.63) is 54.1 Å². The maximum atomic E-state index is 12.7. The SMILES string of the molecule is NC(=O)COc1cccc(NC(=O)c2ccc(F)nc2)c1. The van der Waals surface area contributed by atoms with Crippen molar-refractivity contribution in [1.29, 1.82) is 0 Å². The lowest BCUT2D eigenvalue weighted by Crippen LogP contribution is -2.20. The fourth-order valence-electron chi connectivity index (χ4n) is 1.53. The predicted molar refractivity (Wildman–Crippen MR) is 73.3 cm³/mol. The first-order chi connectivity index (χ1) is 10.0. The van der Waals surface area contributed by atoms with Crippen molar-refractivity contribution in [2.45, 2.75) is 0 Å². The van der Waals surface area contributed by atoms with Crippen molar-refractivity contribution in [3.8, 4) is 5.75 Å². The van der Waals surface area contributed by atoms with E-state index < -0.39 is 17.8 Å². The summed E-state index contributed by atoms with van der Waals surface area (Å²) in [5, 5.41) is 2.61. The van der Waals surface area contributed by atoms with Crippen molar-refractivity contribution < 1.29 is 18.7 Å². The molecule has 0 atom stereocenters. The molecule has 0 aliphatic rings.